The van der Waals surface area contributed by atoms with Crippen LogP contribution in [-0.4, -0.2) is 20.5 Å². The monoisotopic (exact) mass is 270 g/mol. The highest BCUT2D eigenvalue weighted by molar-refractivity contribution is 5.93. The largest absolute Gasteiger partial charge is 0.476 e. The van der Waals surface area contributed by atoms with Crippen LogP contribution in [-0.2, 0) is 6.42 Å². The summed E-state index contributed by atoms with van der Waals surface area (Å²) < 4.78 is 14.6. The van der Waals surface area contributed by atoms with E-state index in [9.17, 15) is 14.3 Å². The zero-order valence-corrected chi connectivity index (χ0v) is 10.5. The highest BCUT2D eigenvalue weighted by atomic mass is 19.1. The molecule has 3 aromatic rings. The molecule has 100 valence electrons. The Labute approximate surface area is 114 Å². The number of rotatable bonds is 3. The molecule has 2 aromatic heterocycles. The van der Waals surface area contributed by atoms with Gasteiger partial charge in [0.2, 0.25) is 0 Å². The number of carboxylic acid groups (broad SMARTS) is 1. The van der Waals surface area contributed by atoms with Crippen LogP contribution in [0.15, 0.2) is 48.7 Å². The lowest BCUT2D eigenvalue weighted by Gasteiger charge is -2.01. The minimum absolute atomic E-state index is 0.0303. The van der Waals surface area contributed by atoms with Crippen molar-refractivity contribution in [2.45, 2.75) is 6.42 Å². The van der Waals surface area contributed by atoms with Crippen LogP contribution in [0.5, 0.6) is 0 Å². The first-order chi connectivity index (χ1) is 9.65. The fraction of sp³-hybridized carbons (Fsp3) is 0.0667. The van der Waals surface area contributed by atoms with E-state index in [4.69, 9.17) is 0 Å². The van der Waals surface area contributed by atoms with Crippen molar-refractivity contribution in [3.05, 3.63) is 71.6 Å². The lowest BCUT2D eigenvalue weighted by molar-refractivity contribution is 0.0693. The second-order valence-electron chi connectivity index (χ2n) is 4.44. The van der Waals surface area contributed by atoms with Crippen molar-refractivity contribution in [1.29, 1.82) is 0 Å². The lowest BCUT2D eigenvalue weighted by Crippen LogP contribution is -1.98. The van der Waals surface area contributed by atoms with Crippen molar-refractivity contribution in [2.24, 2.45) is 0 Å². The fourth-order valence-corrected chi connectivity index (χ4v) is 2.17. The second-order valence-corrected chi connectivity index (χ2v) is 4.44. The Kier molecular flexibility index (Phi) is 2.95. The number of benzene rings is 1. The van der Waals surface area contributed by atoms with Crippen LogP contribution in [0.1, 0.15) is 21.9 Å². The minimum Gasteiger partial charge on any atom is -0.476 e. The quantitative estimate of drug-likeness (QED) is 0.796. The number of nitrogens with zero attached hydrogens (tertiary/aromatic N) is 2. The van der Waals surface area contributed by atoms with Crippen LogP contribution in [0.25, 0.3) is 5.52 Å². The van der Waals surface area contributed by atoms with Gasteiger partial charge in [-0.2, -0.15) is 0 Å². The van der Waals surface area contributed by atoms with Crippen molar-refractivity contribution in [2.75, 3.05) is 0 Å². The molecular weight excluding hydrogens is 259 g/mol. The number of pyridine rings is 1. The highest BCUT2D eigenvalue weighted by Gasteiger charge is 2.16. The first-order valence-corrected chi connectivity index (χ1v) is 6.09. The molecule has 0 saturated heterocycles. The Morgan fingerprint density at radius 2 is 1.95 bits per heavy atom. The fourth-order valence-electron chi connectivity index (χ4n) is 2.17. The summed E-state index contributed by atoms with van der Waals surface area (Å²) in [4.78, 5) is 15.4. The Hall–Kier alpha value is -2.69. The van der Waals surface area contributed by atoms with Crippen LogP contribution < -0.4 is 0 Å². The summed E-state index contributed by atoms with van der Waals surface area (Å²) in [6.07, 6.45) is 2.21. The van der Waals surface area contributed by atoms with Crippen LogP contribution in [0.3, 0.4) is 0 Å². The molecule has 0 bridgehead atoms. The third-order valence-corrected chi connectivity index (χ3v) is 3.10. The number of fused-ring (bicyclic) bond motifs is 1. The van der Waals surface area contributed by atoms with Crippen LogP contribution in [0, 0.1) is 5.82 Å². The first-order valence-electron chi connectivity index (χ1n) is 6.09. The van der Waals surface area contributed by atoms with Crippen molar-refractivity contribution in [3.8, 4) is 0 Å². The highest BCUT2D eigenvalue weighted by Crippen LogP contribution is 2.16. The number of halogens is 1. The summed E-state index contributed by atoms with van der Waals surface area (Å²) in [5.41, 5.74) is 1.46. The van der Waals surface area contributed by atoms with Gasteiger partial charge in [-0.1, -0.05) is 18.2 Å². The third-order valence-electron chi connectivity index (χ3n) is 3.10. The molecule has 1 aromatic carbocycles. The maximum Gasteiger partial charge on any atom is 0.356 e. The minimum atomic E-state index is -1.06. The smallest absolute Gasteiger partial charge is 0.356 e. The normalized spacial score (nSPS) is 10.8. The van der Waals surface area contributed by atoms with E-state index in [2.05, 4.69) is 4.98 Å². The third kappa shape index (κ3) is 2.14. The number of hydrogen-bond donors (Lipinski definition) is 1. The molecule has 5 heteroatoms. The van der Waals surface area contributed by atoms with Crippen molar-refractivity contribution >= 4 is 11.5 Å². The van der Waals surface area contributed by atoms with Crippen molar-refractivity contribution in [1.82, 2.24) is 9.38 Å². The number of carboxylic acids is 1. The zero-order valence-electron chi connectivity index (χ0n) is 10.5. The average molecular weight is 270 g/mol. The SMILES string of the molecule is O=C(O)c1nc(Cc2ccc(F)cc2)n2ccccc12. The molecule has 0 fully saturated rings. The lowest BCUT2D eigenvalue weighted by atomic mass is 10.1. The standard InChI is InChI=1S/C15H11FN2O2/c16-11-6-4-10(5-7-11)9-13-17-14(15(19)20)12-3-1-2-8-18(12)13/h1-8H,9H2,(H,19,20). The molecule has 0 atom stereocenters. The van der Waals surface area contributed by atoms with Gasteiger partial charge in [0.05, 0.1) is 5.52 Å². The number of imidazole rings is 1. The molecule has 4 nitrogen and oxygen atoms in total. The van der Waals surface area contributed by atoms with E-state index in [1.165, 1.54) is 12.1 Å². The van der Waals surface area contributed by atoms with E-state index >= 15 is 0 Å². The van der Waals surface area contributed by atoms with Gasteiger partial charge < -0.3 is 9.51 Å². The molecule has 0 unspecified atom stereocenters. The van der Waals surface area contributed by atoms with Gasteiger partial charge in [0.25, 0.3) is 0 Å². The summed E-state index contributed by atoms with van der Waals surface area (Å²) in [5, 5.41) is 9.17. The van der Waals surface area contributed by atoms with Gasteiger partial charge in [-0.05, 0) is 29.8 Å². The Balaban J connectivity index is 2.07. The van der Waals surface area contributed by atoms with E-state index in [0.717, 1.165) is 5.56 Å². The molecule has 20 heavy (non-hydrogen) atoms. The molecule has 0 amide bonds. The van der Waals surface area contributed by atoms with Crippen molar-refractivity contribution in [3.63, 3.8) is 0 Å². The van der Waals surface area contributed by atoms with E-state index in [-0.39, 0.29) is 11.5 Å². The van der Waals surface area contributed by atoms with Crippen molar-refractivity contribution < 1.29 is 14.3 Å². The molecular formula is C15H11FN2O2. The van der Waals surface area contributed by atoms with E-state index in [1.54, 1.807) is 34.9 Å². The topological polar surface area (TPSA) is 54.6 Å². The van der Waals surface area contributed by atoms with Gasteiger partial charge in [-0.3, -0.25) is 0 Å². The molecule has 1 N–H and O–H groups in total. The molecule has 0 saturated carbocycles. The van der Waals surface area contributed by atoms with Crippen LogP contribution in [0.2, 0.25) is 0 Å². The molecule has 0 aliphatic carbocycles. The van der Waals surface area contributed by atoms with Gasteiger partial charge in [0.15, 0.2) is 5.69 Å². The van der Waals surface area contributed by atoms with Crippen LogP contribution >= 0.6 is 0 Å². The van der Waals surface area contributed by atoms with Gasteiger partial charge in [0.1, 0.15) is 11.6 Å². The van der Waals surface area contributed by atoms with Gasteiger partial charge >= 0.3 is 5.97 Å². The first kappa shape index (κ1) is 12.3. The summed E-state index contributed by atoms with van der Waals surface area (Å²) >= 11 is 0. The molecule has 2 heterocycles. The van der Waals surface area contributed by atoms with Crippen LogP contribution in [0.4, 0.5) is 4.39 Å². The number of aromatic carboxylic acids is 1. The summed E-state index contributed by atoms with van der Waals surface area (Å²) in [7, 11) is 0. The molecule has 3 rings (SSSR count). The summed E-state index contributed by atoms with van der Waals surface area (Å²) in [5.74, 6) is -0.739. The maximum atomic E-state index is 12.9. The molecule has 0 aliphatic heterocycles. The second kappa shape index (κ2) is 4.77. The average Bonchev–Trinajstić information content (AvgIpc) is 2.81. The van der Waals surface area contributed by atoms with Gasteiger partial charge in [-0.25, -0.2) is 14.2 Å². The van der Waals surface area contributed by atoms with Gasteiger partial charge in [0, 0.05) is 12.6 Å². The zero-order chi connectivity index (χ0) is 14.1. The molecule has 0 aliphatic rings. The summed E-state index contributed by atoms with van der Waals surface area (Å²) in [6, 6.07) is 11.4. The summed E-state index contributed by atoms with van der Waals surface area (Å²) in [6.45, 7) is 0. The Morgan fingerprint density at radius 3 is 2.65 bits per heavy atom. The van der Waals surface area contributed by atoms with E-state index in [0.29, 0.717) is 17.8 Å². The van der Waals surface area contributed by atoms with Gasteiger partial charge in [-0.15, -0.1) is 0 Å². The number of carbonyl (C=O) groups is 1. The molecule has 0 radical (unpaired) electrons. The van der Waals surface area contributed by atoms with E-state index in [1.807, 2.05) is 6.07 Å². The Bertz CT molecular complexity index is 778. The Morgan fingerprint density at radius 1 is 1.20 bits per heavy atom. The predicted octanol–water partition coefficient (Wildman–Crippen LogP) is 2.76. The maximum absolute atomic E-state index is 12.9. The molecule has 0 spiro atoms. The number of hydrogen-bond acceptors (Lipinski definition) is 2. The van der Waals surface area contributed by atoms with E-state index < -0.39 is 5.97 Å². The predicted molar refractivity (Wildman–Crippen MR) is 71.4 cm³/mol. The number of aromatic nitrogens is 2.